The van der Waals surface area contributed by atoms with Gasteiger partial charge in [0.05, 0.1) is 30.7 Å². The third-order valence-electron chi connectivity index (χ3n) is 4.70. The van der Waals surface area contributed by atoms with E-state index in [1.165, 1.54) is 18.0 Å². The second-order valence-electron chi connectivity index (χ2n) is 7.68. The molecule has 8 nitrogen and oxygen atoms in total. The summed E-state index contributed by atoms with van der Waals surface area (Å²) in [6.07, 6.45) is 0.835. The van der Waals surface area contributed by atoms with Gasteiger partial charge in [0.15, 0.2) is 6.35 Å². The highest BCUT2D eigenvalue weighted by molar-refractivity contribution is 7.99. The molecule has 0 bridgehead atoms. The fraction of sp³-hybridized carbons (Fsp3) is 0.364. The second kappa shape index (κ2) is 12.5. The standard InChI is InChI=1S/C22H25Cl2FN3O5PS/c1-4-32-34(30,33-25)13-31-18-6-5-17(26-10-18)11-28-20(12-29)27-21(14(2)3)22(28)35-19-8-15(23)7-16(24)9-19/h5-10,14,29H,4,11-13H2,1-3H3. The van der Waals surface area contributed by atoms with E-state index in [0.717, 1.165) is 15.6 Å². The lowest BCUT2D eigenvalue weighted by Crippen LogP contribution is -2.08. The van der Waals surface area contributed by atoms with Crippen molar-refractivity contribution in [3.05, 3.63) is 63.8 Å². The van der Waals surface area contributed by atoms with Crippen LogP contribution in [0.5, 0.6) is 5.75 Å². The lowest BCUT2D eigenvalue weighted by molar-refractivity contribution is -0.0297. The number of ether oxygens (including phenoxy) is 1. The van der Waals surface area contributed by atoms with Crippen LogP contribution in [0.2, 0.25) is 10.0 Å². The molecular weight excluding hydrogens is 539 g/mol. The van der Waals surface area contributed by atoms with E-state index in [-0.39, 0.29) is 24.9 Å². The number of aliphatic hydroxyl groups is 1. The van der Waals surface area contributed by atoms with E-state index < -0.39 is 13.9 Å². The van der Waals surface area contributed by atoms with Gasteiger partial charge in [0.1, 0.15) is 23.2 Å². The summed E-state index contributed by atoms with van der Waals surface area (Å²) in [6.45, 7) is 5.69. The molecule has 0 saturated heterocycles. The van der Waals surface area contributed by atoms with Gasteiger partial charge in [-0.1, -0.05) is 48.8 Å². The molecule has 0 aliphatic carbocycles. The molecule has 0 spiro atoms. The molecule has 13 heteroatoms. The number of halogens is 3. The predicted octanol–water partition coefficient (Wildman–Crippen LogP) is 6.87. The van der Waals surface area contributed by atoms with Crippen LogP contribution in [-0.4, -0.2) is 32.6 Å². The molecule has 1 N–H and O–H groups in total. The number of aliphatic hydroxyl groups excluding tert-OH is 1. The van der Waals surface area contributed by atoms with E-state index in [4.69, 9.17) is 32.5 Å². The van der Waals surface area contributed by atoms with Crippen LogP contribution in [0, 0.1) is 0 Å². The number of pyridine rings is 1. The Morgan fingerprint density at radius 2 is 1.94 bits per heavy atom. The van der Waals surface area contributed by atoms with Crippen molar-refractivity contribution in [2.45, 2.75) is 49.8 Å². The topological polar surface area (TPSA) is 95.7 Å². The number of hydrogen-bond donors (Lipinski definition) is 1. The van der Waals surface area contributed by atoms with Gasteiger partial charge in [0, 0.05) is 14.9 Å². The second-order valence-corrected chi connectivity index (χ2v) is 11.5. The Hall–Kier alpha value is -1.65. The minimum atomic E-state index is -3.98. The van der Waals surface area contributed by atoms with Gasteiger partial charge in [-0.25, -0.2) is 4.98 Å². The van der Waals surface area contributed by atoms with Gasteiger partial charge in [-0.15, -0.1) is 4.73 Å². The maximum Gasteiger partial charge on any atom is 0.399 e. The van der Waals surface area contributed by atoms with Crippen molar-refractivity contribution in [3.8, 4) is 5.75 Å². The van der Waals surface area contributed by atoms with Crippen molar-refractivity contribution in [1.29, 1.82) is 0 Å². The summed E-state index contributed by atoms with van der Waals surface area (Å²) in [6, 6.07) is 8.60. The van der Waals surface area contributed by atoms with Crippen LogP contribution >= 0.6 is 42.6 Å². The number of benzene rings is 1. The Morgan fingerprint density at radius 3 is 2.49 bits per heavy atom. The van der Waals surface area contributed by atoms with Crippen LogP contribution in [0.25, 0.3) is 0 Å². The maximum atomic E-state index is 12.6. The SMILES string of the molecule is CCOP(=O)(COc1ccc(Cn2c(CO)nc(C(C)C)c2Sc2cc(Cl)cc(Cl)c2)nc1)OF. The van der Waals surface area contributed by atoms with Crippen LogP contribution in [-0.2, 0) is 27.0 Å². The van der Waals surface area contributed by atoms with Crippen molar-refractivity contribution < 1.29 is 28.2 Å². The molecule has 0 fully saturated rings. The van der Waals surface area contributed by atoms with E-state index in [1.54, 1.807) is 25.1 Å². The molecule has 0 saturated carbocycles. The zero-order valence-corrected chi connectivity index (χ0v) is 22.5. The van der Waals surface area contributed by atoms with Crippen molar-refractivity contribution >= 4 is 42.6 Å². The molecule has 1 atom stereocenters. The Labute approximate surface area is 217 Å². The normalized spacial score (nSPS) is 13.3. The van der Waals surface area contributed by atoms with Gasteiger partial charge in [0.25, 0.3) is 0 Å². The number of imidazole rings is 1. The number of hydrogen-bond acceptors (Lipinski definition) is 8. The van der Waals surface area contributed by atoms with E-state index >= 15 is 0 Å². The predicted molar refractivity (Wildman–Crippen MR) is 133 cm³/mol. The fourth-order valence-electron chi connectivity index (χ4n) is 3.15. The van der Waals surface area contributed by atoms with E-state index in [2.05, 4.69) is 14.7 Å². The summed E-state index contributed by atoms with van der Waals surface area (Å²) in [5.41, 5.74) is 1.48. The first-order valence-corrected chi connectivity index (χ1v) is 13.9. The average Bonchev–Trinajstić information content (AvgIpc) is 3.15. The minimum Gasteiger partial charge on any atom is -0.479 e. The van der Waals surface area contributed by atoms with Gasteiger partial charge in [-0.3, -0.25) is 9.55 Å². The molecule has 3 aromatic rings. The summed E-state index contributed by atoms with van der Waals surface area (Å²) in [4.78, 5) is 9.86. The van der Waals surface area contributed by atoms with Crippen LogP contribution in [0.15, 0.2) is 46.5 Å². The first-order chi connectivity index (χ1) is 16.7. The molecule has 3 rings (SSSR count). The van der Waals surface area contributed by atoms with Gasteiger partial charge >= 0.3 is 7.60 Å². The van der Waals surface area contributed by atoms with Crippen molar-refractivity contribution in [2.24, 2.45) is 0 Å². The van der Waals surface area contributed by atoms with Gasteiger partial charge in [0.2, 0.25) is 0 Å². The van der Waals surface area contributed by atoms with Crippen LogP contribution in [0.1, 0.15) is 43.9 Å². The fourth-order valence-corrected chi connectivity index (χ4v) is 5.92. The van der Waals surface area contributed by atoms with Crippen LogP contribution in [0.3, 0.4) is 0 Å². The quantitative estimate of drug-likeness (QED) is 0.238. The average molecular weight is 564 g/mol. The largest absolute Gasteiger partial charge is 0.479 e. The van der Waals surface area contributed by atoms with Gasteiger partial charge in [-0.2, -0.15) is 0 Å². The smallest absolute Gasteiger partial charge is 0.399 e. The van der Waals surface area contributed by atoms with Crippen LogP contribution < -0.4 is 4.74 Å². The Morgan fingerprint density at radius 1 is 1.23 bits per heavy atom. The Balaban J connectivity index is 1.85. The van der Waals surface area contributed by atoms with Gasteiger partial charge < -0.3 is 18.9 Å². The molecule has 2 heterocycles. The zero-order valence-electron chi connectivity index (χ0n) is 19.3. The first kappa shape index (κ1) is 27.9. The third-order valence-corrected chi connectivity index (χ3v) is 7.54. The van der Waals surface area contributed by atoms with Gasteiger partial charge in [-0.05, 0) is 47.7 Å². The molecule has 0 radical (unpaired) electrons. The lowest BCUT2D eigenvalue weighted by Gasteiger charge is -2.14. The maximum absolute atomic E-state index is 12.6. The molecule has 0 aliphatic heterocycles. The van der Waals surface area contributed by atoms with Crippen molar-refractivity contribution in [1.82, 2.24) is 14.5 Å². The van der Waals surface area contributed by atoms with Crippen molar-refractivity contribution in [3.63, 3.8) is 0 Å². The zero-order chi connectivity index (χ0) is 25.6. The summed E-state index contributed by atoms with van der Waals surface area (Å²) in [5.74, 6) is 0.857. The number of rotatable bonds is 12. The molecular formula is C22H25Cl2FN3O5PS. The highest BCUT2D eigenvalue weighted by atomic mass is 35.5. The molecule has 1 unspecified atom stereocenters. The third kappa shape index (κ3) is 7.43. The minimum absolute atomic E-state index is 0.0138. The molecule has 0 amide bonds. The monoisotopic (exact) mass is 563 g/mol. The highest BCUT2D eigenvalue weighted by Crippen LogP contribution is 2.48. The molecule has 2 aromatic heterocycles. The van der Waals surface area contributed by atoms with E-state index in [9.17, 15) is 14.2 Å². The lowest BCUT2D eigenvalue weighted by atomic mass is 10.1. The summed E-state index contributed by atoms with van der Waals surface area (Å²) in [5, 5.41) is 11.8. The Kier molecular flexibility index (Phi) is 10.0. The highest BCUT2D eigenvalue weighted by Gasteiger charge is 2.27. The summed E-state index contributed by atoms with van der Waals surface area (Å²) < 4.78 is 40.0. The van der Waals surface area contributed by atoms with E-state index in [1.807, 2.05) is 30.5 Å². The molecule has 0 aliphatic rings. The van der Waals surface area contributed by atoms with Crippen molar-refractivity contribution in [2.75, 3.05) is 13.0 Å². The molecule has 190 valence electrons. The summed E-state index contributed by atoms with van der Waals surface area (Å²) in [7, 11) is -3.98. The number of aromatic nitrogens is 3. The molecule has 1 aromatic carbocycles. The first-order valence-electron chi connectivity index (χ1n) is 10.6. The number of nitrogens with zero attached hydrogens (tertiary/aromatic N) is 3. The van der Waals surface area contributed by atoms with Crippen LogP contribution in [0.4, 0.5) is 4.53 Å². The van der Waals surface area contributed by atoms with E-state index in [0.29, 0.717) is 28.1 Å². The Bertz CT molecular complexity index is 1180. The molecule has 35 heavy (non-hydrogen) atoms. The summed E-state index contributed by atoms with van der Waals surface area (Å²) >= 11 is 13.8.